The normalized spacial score (nSPS) is 33.9. The molecule has 4 rings (SSSR count). The Morgan fingerprint density at radius 2 is 2.22 bits per heavy atom. The Labute approximate surface area is 101 Å². The van der Waals surface area contributed by atoms with Crippen molar-refractivity contribution in [1.82, 2.24) is 19.5 Å². The minimum Gasteiger partial charge on any atom is -0.390 e. The molecule has 94 valence electrons. The molecule has 1 fully saturated rings. The fraction of sp³-hybridized carbons (Fsp3) is 0.500. The lowest BCUT2D eigenvalue weighted by molar-refractivity contribution is -0.110. The highest BCUT2D eigenvalue weighted by molar-refractivity contribution is 5.82. The number of nitrogens with zero attached hydrogens (tertiary/aromatic N) is 4. The van der Waals surface area contributed by atoms with Crippen LogP contribution in [-0.4, -0.2) is 41.9 Å². The average Bonchev–Trinajstić information content (AvgIpc) is 2.88. The SMILES string of the molecule is Nc1ncnc2c1nc1n2[C@@H]2C[C@H](O)[C@@H](O2)[C@@H]1O. The second-order valence-electron chi connectivity index (χ2n) is 4.57. The van der Waals surface area contributed by atoms with Crippen LogP contribution < -0.4 is 5.73 Å². The van der Waals surface area contributed by atoms with Crippen molar-refractivity contribution in [2.45, 2.75) is 31.0 Å². The van der Waals surface area contributed by atoms with Gasteiger partial charge in [-0.1, -0.05) is 0 Å². The number of ether oxygens (including phenoxy) is 1. The second-order valence-corrected chi connectivity index (χ2v) is 4.57. The van der Waals surface area contributed by atoms with Gasteiger partial charge in [0.1, 0.15) is 30.6 Å². The first-order valence-electron chi connectivity index (χ1n) is 5.66. The van der Waals surface area contributed by atoms with E-state index in [1.54, 1.807) is 4.57 Å². The summed E-state index contributed by atoms with van der Waals surface area (Å²) in [5.74, 6) is 0.695. The number of rotatable bonds is 0. The smallest absolute Gasteiger partial charge is 0.167 e. The van der Waals surface area contributed by atoms with Crippen LogP contribution in [0.15, 0.2) is 6.33 Å². The molecule has 18 heavy (non-hydrogen) atoms. The van der Waals surface area contributed by atoms with Gasteiger partial charge in [-0.05, 0) is 0 Å². The molecule has 2 bridgehead atoms. The van der Waals surface area contributed by atoms with Gasteiger partial charge in [-0.3, -0.25) is 4.57 Å². The number of fused-ring (bicyclic) bond motifs is 6. The molecule has 0 aromatic carbocycles. The lowest BCUT2D eigenvalue weighted by atomic mass is 10.1. The molecule has 2 aliphatic heterocycles. The van der Waals surface area contributed by atoms with Gasteiger partial charge in [-0.2, -0.15) is 0 Å². The third-order valence-corrected chi connectivity index (χ3v) is 3.53. The van der Waals surface area contributed by atoms with Crippen LogP contribution in [0.3, 0.4) is 0 Å². The molecule has 8 heteroatoms. The predicted octanol–water partition coefficient (Wildman–Crippen LogP) is -0.896. The van der Waals surface area contributed by atoms with Crippen LogP contribution in [0.5, 0.6) is 0 Å². The van der Waals surface area contributed by atoms with Gasteiger partial charge in [-0.15, -0.1) is 0 Å². The summed E-state index contributed by atoms with van der Waals surface area (Å²) in [6, 6.07) is 0. The maximum atomic E-state index is 10.2. The maximum absolute atomic E-state index is 10.2. The first-order chi connectivity index (χ1) is 8.66. The van der Waals surface area contributed by atoms with Gasteiger partial charge < -0.3 is 20.7 Å². The summed E-state index contributed by atoms with van der Waals surface area (Å²) in [6.45, 7) is 0. The van der Waals surface area contributed by atoms with E-state index in [0.29, 0.717) is 23.4 Å². The minimum atomic E-state index is -0.979. The van der Waals surface area contributed by atoms with Gasteiger partial charge in [-0.25, -0.2) is 15.0 Å². The van der Waals surface area contributed by atoms with E-state index >= 15 is 0 Å². The molecule has 0 aliphatic carbocycles. The van der Waals surface area contributed by atoms with E-state index in [-0.39, 0.29) is 12.0 Å². The second kappa shape index (κ2) is 3.16. The molecule has 4 atom stereocenters. The van der Waals surface area contributed by atoms with Crippen LogP contribution in [0.25, 0.3) is 11.2 Å². The van der Waals surface area contributed by atoms with Crippen LogP contribution in [0.2, 0.25) is 0 Å². The molecule has 2 aliphatic rings. The van der Waals surface area contributed by atoms with Crippen molar-refractivity contribution in [1.29, 1.82) is 0 Å². The Kier molecular flexibility index (Phi) is 1.79. The van der Waals surface area contributed by atoms with Gasteiger partial charge in [0.25, 0.3) is 0 Å². The van der Waals surface area contributed by atoms with E-state index in [9.17, 15) is 10.2 Å². The van der Waals surface area contributed by atoms with Crippen molar-refractivity contribution in [2.24, 2.45) is 0 Å². The number of aromatic nitrogens is 4. The summed E-state index contributed by atoms with van der Waals surface area (Å²) < 4.78 is 7.26. The van der Waals surface area contributed by atoms with Crippen molar-refractivity contribution < 1.29 is 14.9 Å². The minimum absolute atomic E-state index is 0.269. The van der Waals surface area contributed by atoms with E-state index in [0.717, 1.165) is 0 Å². The van der Waals surface area contributed by atoms with Gasteiger partial charge in [0.15, 0.2) is 17.0 Å². The Hall–Kier alpha value is -1.77. The zero-order valence-electron chi connectivity index (χ0n) is 9.26. The van der Waals surface area contributed by atoms with Crippen LogP contribution >= 0.6 is 0 Å². The quantitative estimate of drug-likeness (QED) is 0.553. The van der Waals surface area contributed by atoms with Crippen LogP contribution in [0, 0.1) is 0 Å². The largest absolute Gasteiger partial charge is 0.390 e. The molecule has 0 radical (unpaired) electrons. The summed E-state index contributed by atoms with van der Waals surface area (Å²) in [7, 11) is 0. The Morgan fingerprint density at radius 3 is 3.06 bits per heavy atom. The highest BCUT2D eigenvalue weighted by Crippen LogP contribution is 2.43. The fourth-order valence-corrected chi connectivity index (χ4v) is 2.70. The highest BCUT2D eigenvalue weighted by atomic mass is 16.5. The predicted molar refractivity (Wildman–Crippen MR) is 59.2 cm³/mol. The van der Waals surface area contributed by atoms with E-state index in [4.69, 9.17) is 10.5 Å². The molecular formula is C10H11N5O3. The molecular weight excluding hydrogens is 238 g/mol. The van der Waals surface area contributed by atoms with Gasteiger partial charge >= 0.3 is 0 Å². The summed E-state index contributed by atoms with van der Waals surface area (Å²) in [4.78, 5) is 12.3. The lowest BCUT2D eigenvalue weighted by Crippen LogP contribution is -2.33. The summed E-state index contributed by atoms with van der Waals surface area (Å²) in [5.41, 5.74) is 6.72. The number of aliphatic hydroxyl groups is 2. The van der Waals surface area contributed by atoms with Crippen LogP contribution in [0.4, 0.5) is 5.82 Å². The summed E-state index contributed by atoms with van der Waals surface area (Å²) in [6.07, 6.45) is -0.912. The number of anilines is 1. The summed E-state index contributed by atoms with van der Waals surface area (Å²) >= 11 is 0. The third-order valence-electron chi connectivity index (χ3n) is 3.53. The number of imidazole rings is 1. The van der Waals surface area contributed by atoms with Gasteiger partial charge in [0, 0.05) is 6.42 Å². The van der Waals surface area contributed by atoms with Gasteiger partial charge in [0.05, 0.1) is 6.10 Å². The number of nitrogens with two attached hydrogens (primary N) is 1. The van der Waals surface area contributed by atoms with E-state index in [2.05, 4.69) is 15.0 Å². The fourth-order valence-electron chi connectivity index (χ4n) is 2.70. The standard InChI is InChI=1S/C10H11N5O3/c11-8-5-9(13-2-12-8)15-4-1-3(16)7(18-4)6(17)10(15)14-5/h2-4,6-7,16-17H,1H2,(H2,11,12,13)/t3-,4-,6-,7+/m0/s1. The molecule has 0 unspecified atom stereocenters. The molecule has 0 spiro atoms. The molecule has 2 aromatic rings. The number of hydrogen-bond acceptors (Lipinski definition) is 7. The highest BCUT2D eigenvalue weighted by Gasteiger charge is 2.47. The third kappa shape index (κ3) is 1.07. The number of nitrogen functional groups attached to an aromatic ring is 1. The first-order valence-corrected chi connectivity index (χ1v) is 5.66. The Balaban J connectivity index is 2.03. The average molecular weight is 249 g/mol. The van der Waals surface area contributed by atoms with Crippen molar-refractivity contribution in [3.05, 3.63) is 12.2 Å². The topological polar surface area (TPSA) is 119 Å². The lowest BCUT2D eigenvalue weighted by Gasteiger charge is -2.27. The zero-order chi connectivity index (χ0) is 12.4. The van der Waals surface area contributed by atoms with Crippen molar-refractivity contribution >= 4 is 17.0 Å². The van der Waals surface area contributed by atoms with E-state index < -0.39 is 18.3 Å². The van der Waals surface area contributed by atoms with Crippen LogP contribution in [-0.2, 0) is 4.74 Å². The van der Waals surface area contributed by atoms with Crippen molar-refractivity contribution in [3.63, 3.8) is 0 Å². The Bertz CT molecular complexity index is 642. The van der Waals surface area contributed by atoms with E-state index in [1.165, 1.54) is 6.33 Å². The zero-order valence-corrected chi connectivity index (χ0v) is 9.26. The summed E-state index contributed by atoms with van der Waals surface area (Å²) in [5, 5.41) is 20.0. The molecule has 8 nitrogen and oxygen atoms in total. The molecule has 2 aromatic heterocycles. The monoisotopic (exact) mass is 249 g/mol. The molecule has 4 heterocycles. The Morgan fingerprint density at radius 1 is 1.39 bits per heavy atom. The number of aliphatic hydroxyl groups excluding tert-OH is 2. The van der Waals surface area contributed by atoms with E-state index in [1.807, 2.05) is 0 Å². The van der Waals surface area contributed by atoms with Crippen molar-refractivity contribution in [3.8, 4) is 0 Å². The molecule has 0 amide bonds. The molecule has 4 N–H and O–H groups in total. The van der Waals surface area contributed by atoms with Gasteiger partial charge in [0.2, 0.25) is 0 Å². The molecule has 1 saturated heterocycles. The molecule has 0 saturated carbocycles. The van der Waals surface area contributed by atoms with Crippen LogP contribution in [0.1, 0.15) is 24.6 Å². The number of hydrogen-bond donors (Lipinski definition) is 3. The van der Waals surface area contributed by atoms with Crippen molar-refractivity contribution in [2.75, 3.05) is 5.73 Å². The first kappa shape index (κ1) is 10.2. The maximum Gasteiger partial charge on any atom is 0.167 e.